The van der Waals surface area contributed by atoms with Crippen molar-refractivity contribution in [3.63, 3.8) is 0 Å². The van der Waals surface area contributed by atoms with Crippen molar-refractivity contribution in [1.82, 2.24) is 14.8 Å². The van der Waals surface area contributed by atoms with Gasteiger partial charge in [0, 0.05) is 5.69 Å². The van der Waals surface area contributed by atoms with Crippen LogP contribution in [-0.2, 0) is 4.79 Å². The van der Waals surface area contributed by atoms with Gasteiger partial charge in [-0.25, -0.2) is 0 Å². The van der Waals surface area contributed by atoms with Gasteiger partial charge < -0.3 is 14.5 Å². The summed E-state index contributed by atoms with van der Waals surface area (Å²) in [5.41, 5.74) is 3.72. The molecule has 0 aliphatic rings. The van der Waals surface area contributed by atoms with Crippen LogP contribution in [0.1, 0.15) is 11.1 Å². The Morgan fingerprint density at radius 2 is 1.87 bits per heavy atom. The van der Waals surface area contributed by atoms with Crippen LogP contribution in [0.25, 0.3) is 17.3 Å². The number of aromatic nitrogens is 3. The highest BCUT2D eigenvalue weighted by Gasteiger charge is 2.19. The second kappa shape index (κ2) is 9.09. The number of thioether (sulfide) groups is 1. The number of aryl methyl sites for hydroxylation is 2. The van der Waals surface area contributed by atoms with Crippen LogP contribution in [0, 0.1) is 13.8 Å². The van der Waals surface area contributed by atoms with Crippen LogP contribution in [0.5, 0.6) is 5.75 Å². The minimum atomic E-state index is -0.160. The van der Waals surface area contributed by atoms with Crippen molar-refractivity contribution in [2.75, 3.05) is 18.2 Å². The standard InChI is InChI=1S/C23H22N4O3S/c1-15-6-9-17(10-7-15)27-22(20-5-4-12-30-20)25-26-23(27)31-14-21(28)24-18-13-16(2)8-11-19(18)29-3/h4-13H,14H2,1-3H3,(H,24,28). The minimum absolute atomic E-state index is 0.160. The number of rotatable bonds is 7. The summed E-state index contributed by atoms with van der Waals surface area (Å²) in [6, 6.07) is 17.3. The molecule has 2 aromatic heterocycles. The smallest absolute Gasteiger partial charge is 0.234 e. The van der Waals surface area contributed by atoms with Gasteiger partial charge in [-0.3, -0.25) is 9.36 Å². The fourth-order valence-electron chi connectivity index (χ4n) is 3.09. The highest BCUT2D eigenvalue weighted by atomic mass is 32.2. The molecule has 0 saturated heterocycles. The Morgan fingerprint density at radius 3 is 2.58 bits per heavy atom. The highest BCUT2D eigenvalue weighted by Crippen LogP contribution is 2.29. The number of carbonyl (C=O) groups excluding carboxylic acids is 1. The number of benzene rings is 2. The van der Waals surface area contributed by atoms with Gasteiger partial charge in [0.1, 0.15) is 5.75 Å². The van der Waals surface area contributed by atoms with E-state index in [0.29, 0.717) is 28.2 Å². The number of furan rings is 1. The van der Waals surface area contributed by atoms with Crippen molar-refractivity contribution in [2.24, 2.45) is 0 Å². The molecule has 0 radical (unpaired) electrons. The normalized spacial score (nSPS) is 10.8. The van der Waals surface area contributed by atoms with Crippen molar-refractivity contribution in [1.29, 1.82) is 0 Å². The summed E-state index contributed by atoms with van der Waals surface area (Å²) in [6.45, 7) is 3.99. The van der Waals surface area contributed by atoms with Crippen LogP contribution >= 0.6 is 11.8 Å². The van der Waals surface area contributed by atoms with Crippen LogP contribution < -0.4 is 10.1 Å². The van der Waals surface area contributed by atoms with E-state index in [2.05, 4.69) is 15.5 Å². The Bertz CT molecular complexity index is 1180. The Kier molecular flexibility index (Phi) is 6.08. The van der Waals surface area contributed by atoms with Crippen molar-refractivity contribution < 1.29 is 13.9 Å². The lowest BCUT2D eigenvalue weighted by molar-refractivity contribution is -0.113. The zero-order valence-electron chi connectivity index (χ0n) is 17.5. The minimum Gasteiger partial charge on any atom is -0.495 e. The first kappa shape index (κ1) is 20.7. The predicted octanol–water partition coefficient (Wildman–Crippen LogP) is 4.88. The molecule has 0 saturated carbocycles. The molecule has 0 atom stereocenters. The number of nitrogens with one attached hydrogen (secondary N) is 1. The third kappa shape index (κ3) is 4.64. The van der Waals surface area contributed by atoms with E-state index in [0.717, 1.165) is 16.8 Å². The summed E-state index contributed by atoms with van der Waals surface area (Å²) < 4.78 is 12.8. The van der Waals surface area contributed by atoms with Gasteiger partial charge in [-0.15, -0.1) is 10.2 Å². The number of carbonyl (C=O) groups is 1. The second-order valence-corrected chi connectivity index (χ2v) is 7.94. The topological polar surface area (TPSA) is 82.2 Å². The molecule has 0 unspecified atom stereocenters. The first-order chi connectivity index (χ1) is 15.0. The van der Waals surface area contributed by atoms with E-state index in [4.69, 9.17) is 9.15 Å². The molecule has 4 aromatic rings. The van der Waals surface area contributed by atoms with Crippen molar-refractivity contribution in [3.8, 4) is 23.0 Å². The summed E-state index contributed by atoms with van der Waals surface area (Å²) in [6.07, 6.45) is 1.60. The number of amides is 1. The molecule has 8 heteroatoms. The number of anilines is 1. The first-order valence-corrected chi connectivity index (χ1v) is 10.7. The summed E-state index contributed by atoms with van der Waals surface area (Å²) >= 11 is 1.30. The van der Waals surface area contributed by atoms with E-state index < -0.39 is 0 Å². The third-order valence-electron chi connectivity index (χ3n) is 4.63. The molecule has 0 aliphatic heterocycles. The molecule has 4 rings (SSSR count). The van der Waals surface area contributed by atoms with Gasteiger partial charge in [0.05, 0.1) is 24.8 Å². The lowest BCUT2D eigenvalue weighted by atomic mass is 10.2. The Labute approximate surface area is 184 Å². The molecule has 2 heterocycles. The number of ether oxygens (including phenoxy) is 1. The predicted molar refractivity (Wildman–Crippen MR) is 121 cm³/mol. The summed E-state index contributed by atoms with van der Waals surface area (Å²) in [7, 11) is 1.58. The van der Waals surface area contributed by atoms with Crippen molar-refractivity contribution in [2.45, 2.75) is 19.0 Å². The number of nitrogens with zero attached hydrogens (tertiary/aromatic N) is 3. The van der Waals surface area contributed by atoms with Crippen LogP contribution in [0.2, 0.25) is 0 Å². The molecule has 158 valence electrons. The quantitative estimate of drug-likeness (QED) is 0.417. The molecule has 7 nitrogen and oxygen atoms in total. The van der Waals surface area contributed by atoms with Crippen LogP contribution in [0.3, 0.4) is 0 Å². The van der Waals surface area contributed by atoms with E-state index in [1.807, 2.05) is 66.9 Å². The molecule has 31 heavy (non-hydrogen) atoms. The maximum absolute atomic E-state index is 12.6. The van der Waals surface area contributed by atoms with Crippen LogP contribution in [0.4, 0.5) is 5.69 Å². The summed E-state index contributed by atoms with van der Waals surface area (Å²) in [4.78, 5) is 12.6. The van der Waals surface area contributed by atoms with Gasteiger partial charge in [0.15, 0.2) is 10.9 Å². The second-order valence-electron chi connectivity index (χ2n) is 7.00. The Morgan fingerprint density at radius 1 is 1.10 bits per heavy atom. The number of methoxy groups -OCH3 is 1. The number of hydrogen-bond acceptors (Lipinski definition) is 6. The maximum Gasteiger partial charge on any atom is 0.234 e. The third-order valence-corrected chi connectivity index (χ3v) is 5.56. The molecular formula is C23H22N4O3S. The lowest BCUT2D eigenvalue weighted by Gasteiger charge is -2.12. The van der Waals surface area contributed by atoms with Gasteiger partial charge in [-0.2, -0.15) is 0 Å². The van der Waals surface area contributed by atoms with Gasteiger partial charge >= 0.3 is 0 Å². The molecule has 2 aromatic carbocycles. The zero-order valence-corrected chi connectivity index (χ0v) is 18.3. The SMILES string of the molecule is COc1ccc(C)cc1NC(=O)CSc1nnc(-c2ccco2)n1-c1ccc(C)cc1. The lowest BCUT2D eigenvalue weighted by Crippen LogP contribution is -2.15. The Hall–Kier alpha value is -3.52. The molecule has 0 fully saturated rings. The average molecular weight is 435 g/mol. The first-order valence-electron chi connectivity index (χ1n) is 9.69. The van der Waals surface area contributed by atoms with Crippen LogP contribution in [-0.4, -0.2) is 33.5 Å². The van der Waals surface area contributed by atoms with E-state index >= 15 is 0 Å². The van der Waals surface area contributed by atoms with Gasteiger partial charge in [-0.05, 0) is 55.8 Å². The fourth-order valence-corrected chi connectivity index (χ4v) is 3.84. The van der Waals surface area contributed by atoms with Gasteiger partial charge in [-0.1, -0.05) is 35.5 Å². The van der Waals surface area contributed by atoms with E-state index in [-0.39, 0.29) is 11.7 Å². The van der Waals surface area contributed by atoms with Crippen molar-refractivity contribution in [3.05, 3.63) is 72.0 Å². The fraction of sp³-hybridized carbons (Fsp3) is 0.174. The van der Waals surface area contributed by atoms with Gasteiger partial charge in [0.2, 0.25) is 11.7 Å². The monoisotopic (exact) mass is 434 g/mol. The molecule has 0 spiro atoms. The largest absolute Gasteiger partial charge is 0.495 e. The zero-order chi connectivity index (χ0) is 21.8. The molecular weight excluding hydrogens is 412 g/mol. The molecule has 0 aliphatic carbocycles. The van der Waals surface area contributed by atoms with E-state index in [1.165, 1.54) is 11.8 Å². The van der Waals surface area contributed by atoms with Gasteiger partial charge in [0.25, 0.3) is 0 Å². The van der Waals surface area contributed by atoms with Crippen LogP contribution in [0.15, 0.2) is 70.4 Å². The summed E-state index contributed by atoms with van der Waals surface area (Å²) in [5, 5.41) is 12.1. The molecule has 1 amide bonds. The molecule has 0 bridgehead atoms. The van der Waals surface area contributed by atoms with Crippen molar-refractivity contribution >= 4 is 23.4 Å². The van der Waals surface area contributed by atoms with E-state index in [1.54, 1.807) is 19.4 Å². The summed E-state index contributed by atoms with van der Waals surface area (Å²) in [5.74, 6) is 1.81. The number of hydrogen-bond donors (Lipinski definition) is 1. The average Bonchev–Trinajstić information content (AvgIpc) is 3.43. The maximum atomic E-state index is 12.6. The van der Waals surface area contributed by atoms with E-state index in [9.17, 15) is 4.79 Å². The highest BCUT2D eigenvalue weighted by molar-refractivity contribution is 7.99. The molecule has 1 N–H and O–H groups in total. The Balaban J connectivity index is 1.57.